The summed E-state index contributed by atoms with van der Waals surface area (Å²) in [5.41, 5.74) is 3.23. The lowest BCUT2D eigenvalue weighted by molar-refractivity contribution is -0.135. The first-order valence-electron chi connectivity index (χ1n) is 13.2. The summed E-state index contributed by atoms with van der Waals surface area (Å²) < 4.78 is 2.10. The molecule has 5 nitrogen and oxygen atoms in total. The molecule has 3 aromatic rings. The number of para-hydroxylation sites is 1. The standard InChI is InChI=1S/C29H36N4OS/c1-22-12-11-13-23(20-22)28-30-31-29(33(28)26-18-9-4-10-19-26)35-21-27(34)32(24-14-5-2-6-15-24)25-16-7-3-8-17-25/h4,9-13,18-20,24-25H,2-3,5-8,14-17,21H2,1H3. The lowest BCUT2D eigenvalue weighted by Gasteiger charge is -2.41. The number of benzene rings is 2. The molecule has 5 rings (SSSR count). The summed E-state index contributed by atoms with van der Waals surface area (Å²) in [4.78, 5) is 16.0. The van der Waals surface area contributed by atoms with Crippen molar-refractivity contribution in [3.63, 3.8) is 0 Å². The minimum Gasteiger partial charge on any atom is -0.336 e. The zero-order valence-corrected chi connectivity index (χ0v) is 21.6. The predicted molar refractivity (Wildman–Crippen MR) is 143 cm³/mol. The van der Waals surface area contributed by atoms with Crippen LogP contribution in [-0.2, 0) is 4.79 Å². The van der Waals surface area contributed by atoms with Crippen LogP contribution in [0, 0.1) is 6.92 Å². The van der Waals surface area contributed by atoms with E-state index in [-0.39, 0.29) is 5.91 Å². The average molecular weight is 489 g/mol. The molecule has 2 aliphatic carbocycles. The highest BCUT2D eigenvalue weighted by Crippen LogP contribution is 2.33. The van der Waals surface area contributed by atoms with Crippen LogP contribution >= 0.6 is 11.8 Å². The van der Waals surface area contributed by atoms with Crippen LogP contribution in [0.4, 0.5) is 0 Å². The fraction of sp³-hybridized carbons (Fsp3) is 0.483. The van der Waals surface area contributed by atoms with Crippen LogP contribution < -0.4 is 0 Å². The molecule has 0 unspecified atom stereocenters. The quantitative estimate of drug-likeness (QED) is 0.342. The Hall–Kier alpha value is -2.60. The highest BCUT2D eigenvalue weighted by molar-refractivity contribution is 7.99. The van der Waals surface area contributed by atoms with E-state index < -0.39 is 0 Å². The van der Waals surface area contributed by atoms with E-state index in [0.717, 1.165) is 47.9 Å². The van der Waals surface area contributed by atoms with E-state index in [9.17, 15) is 4.79 Å². The van der Waals surface area contributed by atoms with E-state index in [1.807, 2.05) is 18.2 Å². The smallest absolute Gasteiger partial charge is 0.233 e. The summed E-state index contributed by atoms with van der Waals surface area (Å²) in [7, 11) is 0. The van der Waals surface area contributed by atoms with Crippen molar-refractivity contribution < 1.29 is 4.79 Å². The van der Waals surface area contributed by atoms with E-state index >= 15 is 0 Å². The Labute approximate surface area is 213 Å². The molecule has 184 valence electrons. The van der Waals surface area contributed by atoms with Crippen molar-refractivity contribution in [3.8, 4) is 17.1 Å². The molecule has 0 bridgehead atoms. The fourth-order valence-corrected chi connectivity index (χ4v) is 6.59. The van der Waals surface area contributed by atoms with Gasteiger partial charge >= 0.3 is 0 Å². The van der Waals surface area contributed by atoms with Gasteiger partial charge in [0.1, 0.15) is 0 Å². The summed E-state index contributed by atoms with van der Waals surface area (Å²) in [5.74, 6) is 1.49. The van der Waals surface area contributed by atoms with Crippen LogP contribution in [0.15, 0.2) is 59.8 Å². The van der Waals surface area contributed by atoms with E-state index in [1.54, 1.807) is 0 Å². The Morgan fingerprint density at radius 1 is 0.886 bits per heavy atom. The third-order valence-electron chi connectivity index (χ3n) is 7.47. The van der Waals surface area contributed by atoms with Gasteiger partial charge in [0.2, 0.25) is 5.91 Å². The fourth-order valence-electron chi connectivity index (χ4n) is 5.77. The van der Waals surface area contributed by atoms with Crippen molar-refractivity contribution in [1.29, 1.82) is 0 Å². The normalized spacial score (nSPS) is 17.4. The molecule has 0 N–H and O–H groups in total. The van der Waals surface area contributed by atoms with Gasteiger partial charge in [-0.2, -0.15) is 0 Å². The Morgan fingerprint density at radius 3 is 2.17 bits per heavy atom. The molecule has 1 amide bonds. The lowest BCUT2D eigenvalue weighted by Crippen LogP contribution is -2.49. The summed E-state index contributed by atoms with van der Waals surface area (Å²) in [6.07, 6.45) is 12.2. The zero-order valence-electron chi connectivity index (χ0n) is 20.7. The van der Waals surface area contributed by atoms with Crippen molar-refractivity contribution in [3.05, 3.63) is 60.2 Å². The molecular formula is C29H36N4OS. The summed E-state index contributed by atoms with van der Waals surface area (Å²) >= 11 is 1.52. The molecule has 2 saturated carbocycles. The van der Waals surface area contributed by atoms with Crippen molar-refractivity contribution in [2.75, 3.05) is 5.75 Å². The van der Waals surface area contributed by atoms with E-state index in [1.165, 1.54) is 55.9 Å². The van der Waals surface area contributed by atoms with Gasteiger partial charge in [0.15, 0.2) is 11.0 Å². The second-order valence-corrected chi connectivity index (χ2v) is 11.0. The molecule has 0 aliphatic heterocycles. The van der Waals surface area contributed by atoms with Crippen LogP contribution in [0.1, 0.15) is 69.8 Å². The van der Waals surface area contributed by atoms with E-state index in [2.05, 4.69) is 63.0 Å². The van der Waals surface area contributed by atoms with E-state index in [0.29, 0.717) is 17.8 Å². The molecule has 2 aromatic carbocycles. The molecule has 0 atom stereocenters. The van der Waals surface area contributed by atoms with Crippen LogP contribution in [0.3, 0.4) is 0 Å². The zero-order chi connectivity index (χ0) is 24.0. The number of carbonyl (C=O) groups excluding carboxylic acids is 1. The molecule has 2 aliphatic rings. The molecule has 2 fully saturated rings. The maximum atomic E-state index is 13.7. The average Bonchev–Trinajstić information content (AvgIpc) is 3.33. The molecule has 0 radical (unpaired) electrons. The number of hydrogen-bond acceptors (Lipinski definition) is 4. The highest BCUT2D eigenvalue weighted by atomic mass is 32.2. The minimum absolute atomic E-state index is 0.272. The van der Waals surface area contributed by atoms with Gasteiger partial charge in [-0.25, -0.2) is 0 Å². The van der Waals surface area contributed by atoms with Crippen LogP contribution in [0.25, 0.3) is 17.1 Å². The number of aryl methyl sites for hydroxylation is 1. The van der Waals surface area contributed by atoms with E-state index in [4.69, 9.17) is 0 Å². The summed E-state index contributed by atoms with van der Waals surface area (Å²) in [6, 6.07) is 19.4. The minimum atomic E-state index is 0.272. The maximum absolute atomic E-state index is 13.7. The Balaban J connectivity index is 1.40. The van der Waals surface area contributed by atoms with Crippen molar-refractivity contribution in [1.82, 2.24) is 19.7 Å². The Bertz CT molecular complexity index is 1100. The van der Waals surface area contributed by atoms with Gasteiger partial charge in [-0.1, -0.05) is 92.2 Å². The van der Waals surface area contributed by atoms with Crippen LogP contribution in [0.2, 0.25) is 0 Å². The number of aromatic nitrogens is 3. The molecule has 1 heterocycles. The van der Waals surface area contributed by atoms with Gasteiger partial charge in [0.05, 0.1) is 5.75 Å². The molecule has 0 saturated heterocycles. The van der Waals surface area contributed by atoms with Crippen molar-refractivity contribution in [2.45, 2.75) is 88.4 Å². The van der Waals surface area contributed by atoms with Crippen molar-refractivity contribution in [2.24, 2.45) is 0 Å². The van der Waals surface area contributed by atoms with Gasteiger partial charge < -0.3 is 4.90 Å². The topological polar surface area (TPSA) is 51.0 Å². The second-order valence-electron chi connectivity index (χ2n) is 10.0. The SMILES string of the molecule is Cc1cccc(-c2nnc(SCC(=O)N(C3CCCCC3)C3CCCCC3)n2-c2ccccc2)c1. The molecule has 0 spiro atoms. The van der Waals surface area contributed by atoms with Gasteiger partial charge in [-0.3, -0.25) is 9.36 Å². The van der Waals surface area contributed by atoms with Crippen molar-refractivity contribution >= 4 is 17.7 Å². The molecule has 6 heteroatoms. The summed E-state index contributed by atoms with van der Waals surface area (Å²) in [6.45, 7) is 2.09. The highest BCUT2D eigenvalue weighted by Gasteiger charge is 2.32. The van der Waals surface area contributed by atoms with Crippen LogP contribution in [0.5, 0.6) is 0 Å². The van der Waals surface area contributed by atoms with Gasteiger partial charge in [-0.05, 0) is 50.8 Å². The number of carbonyl (C=O) groups is 1. The lowest BCUT2D eigenvalue weighted by atomic mass is 9.88. The largest absolute Gasteiger partial charge is 0.336 e. The third-order valence-corrected chi connectivity index (χ3v) is 8.39. The molecular weight excluding hydrogens is 452 g/mol. The first kappa shape index (κ1) is 24.1. The number of hydrogen-bond donors (Lipinski definition) is 0. The maximum Gasteiger partial charge on any atom is 0.233 e. The summed E-state index contributed by atoms with van der Waals surface area (Å²) in [5, 5.41) is 9.91. The number of rotatable bonds is 7. The van der Waals surface area contributed by atoms with Gasteiger partial charge in [-0.15, -0.1) is 10.2 Å². The first-order valence-corrected chi connectivity index (χ1v) is 14.2. The predicted octanol–water partition coefficient (Wildman–Crippen LogP) is 6.83. The monoisotopic (exact) mass is 488 g/mol. The number of nitrogens with zero attached hydrogens (tertiary/aromatic N) is 4. The molecule has 35 heavy (non-hydrogen) atoms. The third kappa shape index (κ3) is 5.64. The second kappa shape index (κ2) is 11.4. The Morgan fingerprint density at radius 2 is 1.54 bits per heavy atom. The Kier molecular flexibility index (Phi) is 7.87. The first-order chi connectivity index (χ1) is 17.2. The van der Waals surface area contributed by atoms with Gasteiger partial charge in [0, 0.05) is 23.3 Å². The van der Waals surface area contributed by atoms with Crippen LogP contribution in [-0.4, -0.2) is 43.4 Å². The number of thioether (sulfide) groups is 1. The number of amides is 1. The molecule has 1 aromatic heterocycles. The van der Waals surface area contributed by atoms with Gasteiger partial charge in [0.25, 0.3) is 0 Å².